The number of ketones is 2. The summed E-state index contributed by atoms with van der Waals surface area (Å²) in [4.78, 5) is 41.3. The van der Waals surface area contributed by atoms with E-state index in [9.17, 15) is 18.8 Å². The van der Waals surface area contributed by atoms with E-state index in [1.807, 2.05) is 18.2 Å². The molecule has 1 aliphatic heterocycles. The molecular weight excluding hydrogens is 567 g/mol. The highest BCUT2D eigenvalue weighted by atomic mass is 35.5. The molecule has 43 heavy (non-hydrogen) atoms. The Morgan fingerprint density at radius 1 is 1.07 bits per heavy atom. The molecule has 0 bridgehead atoms. The number of halogens is 2. The van der Waals surface area contributed by atoms with Crippen molar-refractivity contribution in [3.05, 3.63) is 105 Å². The highest BCUT2D eigenvalue weighted by Gasteiger charge is 2.36. The van der Waals surface area contributed by atoms with Gasteiger partial charge in [0.1, 0.15) is 17.6 Å². The number of carbonyl (C=O) groups excluding carboxylic acids is 3. The monoisotopic (exact) mass is 598 g/mol. The summed E-state index contributed by atoms with van der Waals surface area (Å²) in [6.45, 7) is 1.57. The van der Waals surface area contributed by atoms with E-state index in [2.05, 4.69) is 6.07 Å². The summed E-state index contributed by atoms with van der Waals surface area (Å²) < 4.78 is 21.3. The minimum absolute atomic E-state index is 0.0500. The summed E-state index contributed by atoms with van der Waals surface area (Å²) >= 11 is 5.97. The van der Waals surface area contributed by atoms with E-state index in [1.165, 1.54) is 42.5 Å². The normalized spacial score (nSPS) is 16.9. The lowest BCUT2D eigenvalue weighted by atomic mass is 9.87. The van der Waals surface area contributed by atoms with E-state index in [0.717, 1.165) is 42.6 Å². The zero-order valence-corrected chi connectivity index (χ0v) is 24.7. The van der Waals surface area contributed by atoms with Crippen molar-refractivity contribution in [1.82, 2.24) is 4.90 Å². The number of rotatable bonds is 8. The quantitative estimate of drug-likeness (QED) is 0.202. The number of hydrogen-bond acceptors (Lipinski definition) is 5. The van der Waals surface area contributed by atoms with Crippen LogP contribution in [-0.2, 0) is 22.4 Å². The molecular formula is C35H32ClFN2O4. The van der Waals surface area contributed by atoms with Crippen molar-refractivity contribution in [3.63, 3.8) is 0 Å². The third-order valence-corrected chi connectivity index (χ3v) is 8.47. The molecule has 1 fully saturated rings. The van der Waals surface area contributed by atoms with Crippen molar-refractivity contribution >= 4 is 35.2 Å². The van der Waals surface area contributed by atoms with E-state index in [0.29, 0.717) is 17.5 Å². The second-order valence-electron chi connectivity index (χ2n) is 11.0. The van der Waals surface area contributed by atoms with Crippen LogP contribution in [0.4, 0.5) is 4.39 Å². The van der Waals surface area contributed by atoms with Gasteiger partial charge >= 0.3 is 0 Å². The van der Waals surface area contributed by atoms with Crippen LogP contribution < -0.4 is 4.74 Å². The molecule has 2 aliphatic rings. The summed E-state index contributed by atoms with van der Waals surface area (Å²) in [5.74, 6) is -1.09. The van der Waals surface area contributed by atoms with Gasteiger partial charge in [-0.15, -0.1) is 0 Å². The predicted molar refractivity (Wildman–Crippen MR) is 162 cm³/mol. The van der Waals surface area contributed by atoms with Gasteiger partial charge in [-0.05, 0) is 86.6 Å². The zero-order valence-electron chi connectivity index (χ0n) is 23.9. The molecule has 5 rings (SSSR count). The molecule has 1 amide bonds. The van der Waals surface area contributed by atoms with E-state index in [4.69, 9.17) is 21.6 Å². The molecule has 0 spiro atoms. The van der Waals surface area contributed by atoms with Crippen LogP contribution in [0.3, 0.4) is 0 Å². The van der Waals surface area contributed by atoms with Crippen LogP contribution in [0, 0.1) is 17.1 Å². The molecule has 1 unspecified atom stereocenters. The first-order valence-corrected chi connectivity index (χ1v) is 14.9. The molecule has 3 aromatic carbocycles. The Bertz CT molecular complexity index is 1620. The second kappa shape index (κ2) is 13.4. The molecule has 0 saturated heterocycles. The third-order valence-electron chi connectivity index (χ3n) is 8.18. The minimum atomic E-state index is -0.900. The topological polar surface area (TPSA) is 87.5 Å². The smallest absolute Gasteiger partial charge is 0.247 e. The number of fused-ring (bicyclic) bond motifs is 1. The van der Waals surface area contributed by atoms with Gasteiger partial charge in [0.2, 0.25) is 5.91 Å². The first-order chi connectivity index (χ1) is 20.8. The van der Waals surface area contributed by atoms with Crippen molar-refractivity contribution in [2.45, 2.75) is 64.0 Å². The van der Waals surface area contributed by atoms with Crippen LogP contribution in [-0.4, -0.2) is 35.0 Å². The number of carbonyl (C=O) groups is 3. The molecule has 0 N–H and O–H groups in total. The maximum absolute atomic E-state index is 14.9. The molecule has 0 radical (unpaired) electrons. The molecule has 220 valence electrons. The first-order valence-electron chi connectivity index (χ1n) is 14.5. The van der Waals surface area contributed by atoms with Crippen LogP contribution in [0.25, 0.3) is 6.08 Å². The van der Waals surface area contributed by atoms with E-state index in [1.54, 1.807) is 24.3 Å². The Kier molecular flexibility index (Phi) is 9.37. The molecule has 1 aliphatic carbocycles. The van der Waals surface area contributed by atoms with Crippen LogP contribution >= 0.6 is 11.6 Å². The zero-order chi connectivity index (χ0) is 30.5. The van der Waals surface area contributed by atoms with Crippen LogP contribution in [0.1, 0.15) is 83.2 Å². The van der Waals surface area contributed by atoms with Crippen LogP contribution in [0.15, 0.2) is 60.7 Å². The lowest BCUT2D eigenvalue weighted by Gasteiger charge is -2.37. The Balaban J connectivity index is 1.49. The van der Waals surface area contributed by atoms with Crippen molar-refractivity contribution < 1.29 is 23.5 Å². The summed E-state index contributed by atoms with van der Waals surface area (Å²) in [6, 6.07) is 16.3. The number of nitriles is 1. The van der Waals surface area contributed by atoms with Gasteiger partial charge in [0.25, 0.3) is 0 Å². The molecule has 0 aromatic heterocycles. The lowest BCUT2D eigenvalue weighted by molar-refractivity contribution is -0.136. The van der Waals surface area contributed by atoms with Gasteiger partial charge in [0.05, 0.1) is 22.8 Å². The number of Topliss-reactive ketones (excluding diaryl/α,β-unsaturated/α-hetero) is 2. The maximum atomic E-state index is 14.9. The maximum Gasteiger partial charge on any atom is 0.247 e. The molecule has 6 nitrogen and oxygen atoms in total. The van der Waals surface area contributed by atoms with Crippen LogP contribution in [0.2, 0.25) is 5.02 Å². The Labute approximate surface area is 255 Å². The van der Waals surface area contributed by atoms with Gasteiger partial charge in [-0.1, -0.05) is 42.3 Å². The van der Waals surface area contributed by atoms with Crippen molar-refractivity contribution in [1.29, 1.82) is 5.26 Å². The number of benzene rings is 3. The molecule has 1 heterocycles. The van der Waals surface area contributed by atoms with Crippen molar-refractivity contribution in [2.24, 2.45) is 0 Å². The second-order valence-corrected chi connectivity index (χ2v) is 11.5. The Morgan fingerprint density at radius 3 is 2.51 bits per heavy atom. The molecule has 1 atom stereocenters. The summed E-state index contributed by atoms with van der Waals surface area (Å²) in [5, 5.41) is 8.98. The van der Waals surface area contributed by atoms with Gasteiger partial charge in [-0.2, -0.15) is 5.26 Å². The average Bonchev–Trinajstić information content (AvgIpc) is 3.01. The van der Waals surface area contributed by atoms with Gasteiger partial charge in [0, 0.05) is 35.7 Å². The summed E-state index contributed by atoms with van der Waals surface area (Å²) in [6.07, 6.45) is 8.53. The molecule has 1 saturated carbocycles. The number of hydrogen-bond donors (Lipinski definition) is 0. The average molecular weight is 599 g/mol. The van der Waals surface area contributed by atoms with Crippen LogP contribution in [0.5, 0.6) is 5.75 Å². The standard InChI is InChI=1S/C35H32ClFN2O4/c1-22(40)26-14-16-30(36)34(37)28(26)15-17-33(42)39-19-18-27-29(8-5-9-32(27)43-25-6-3-2-4-7-25)35(39)31(41)20-23-10-12-24(21-38)13-11-23/h5,8-17,25,35H,2-4,6-7,18-20H2,1H3/b17-15+. The lowest BCUT2D eigenvalue weighted by Crippen LogP contribution is -2.43. The number of nitrogens with zero attached hydrogens (tertiary/aromatic N) is 2. The van der Waals surface area contributed by atoms with E-state index < -0.39 is 17.8 Å². The van der Waals surface area contributed by atoms with E-state index >= 15 is 0 Å². The summed E-state index contributed by atoms with van der Waals surface area (Å²) in [7, 11) is 0. The third kappa shape index (κ3) is 6.71. The largest absolute Gasteiger partial charge is 0.490 e. The fourth-order valence-electron chi connectivity index (χ4n) is 5.97. The van der Waals surface area contributed by atoms with Gasteiger partial charge in [0.15, 0.2) is 11.6 Å². The Morgan fingerprint density at radius 2 is 1.81 bits per heavy atom. The SMILES string of the molecule is CC(=O)c1ccc(Cl)c(F)c1/C=C/C(=O)N1CCc2c(OC3CCCCC3)cccc2C1C(=O)Cc1ccc(C#N)cc1. The van der Waals surface area contributed by atoms with Gasteiger partial charge in [-0.3, -0.25) is 14.4 Å². The minimum Gasteiger partial charge on any atom is -0.490 e. The fraction of sp³-hybridized carbons (Fsp3) is 0.314. The highest BCUT2D eigenvalue weighted by Crippen LogP contribution is 2.38. The molecule has 3 aromatic rings. The first kappa shape index (κ1) is 30.2. The number of ether oxygens (including phenoxy) is 1. The van der Waals surface area contributed by atoms with Gasteiger partial charge in [-0.25, -0.2) is 4.39 Å². The van der Waals surface area contributed by atoms with Crippen molar-refractivity contribution in [2.75, 3.05) is 6.54 Å². The Hall–Kier alpha value is -4.28. The van der Waals surface area contributed by atoms with Crippen molar-refractivity contribution in [3.8, 4) is 11.8 Å². The fourth-order valence-corrected chi connectivity index (χ4v) is 6.14. The van der Waals surface area contributed by atoms with E-state index in [-0.39, 0.29) is 46.8 Å². The van der Waals surface area contributed by atoms with Gasteiger partial charge < -0.3 is 9.64 Å². The summed E-state index contributed by atoms with van der Waals surface area (Å²) in [5.41, 5.74) is 2.87. The predicted octanol–water partition coefficient (Wildman–Crippen LogP) is 7.22. The number of amides is 1. The highest BCUT2D eigenvalue weighted by molar-refractivity contribution is 6.31. The molecule has 8 heteroatoms.